The van der Waals surface area contributed by atoms with Crippen molar-refractivity contribution in [1.29, 1.82) is 0 Å². The van der Waals surface area contributed by atoms with Crippen molar-refractivity contribution >= 4 is 34.1 Å². The average Bonchev–Trinajstić information content (AvgIpc) is 2.68. The highest BCUT2D eigenvalue weighted by Gasteiger charge is 2.36. The van der Waals surface area contributed by atoms with Gasteiger partial charge in [-0.05, 0) is 43.5 Å². The van der Waals surface area contributed by atoms with Crippen LogP contribution in [0.15, 0.2) is 60.8 Å². The SMILES string of the molecule is CC(C)c1ccccc1NC(=O)C(C)(C)C(=O)Nc1cccc2cccnc12. The Morgan fingerprint density at radius 3 is 2.18 bits per heavy atom. The lowest BCUT2D eigenvalue weighted by atomic mass is 9.90. The van der Waals surface area contributed by atoms with Crippen molar-refractivity contribution in [2.24, 2.45) is 5.41 Å². The van der Waals surface area contributed by atoms with Gasteiger partial charge in [0.2, 0.25) is 11.8 Å². The van der Waals surface area contributed by atoms with Crippen molar-refractivity contribution in [3.63, 3.8) is 0 Å². The number of carbonyl (C=O) groups excluding carboxylic acids is 2. The van der Waals surface area contributed by atoms with Gasteiger partial charge in [-0.3, -0.25) is 14.6 Å². The second-order valence-corrected chi connectivity index (χ2v) is 7.66. The molecule has 1 heterocycles. The number of nitrogens with zero attached hydrogens (tertiary/aromatic N) is 1. The monoisotopic (exact) mass is 375 g/mol. The molecule has 0 atom stereocenters. The van der Waals surface area contributed by atoms with Crippen LogP contribution in [0.3, 0.4) is 0 Å². The maximum absolute atomic E-state index is 12.9. The summed E-state index contributed by atoms with van der Waals surface area (Å²) in [5.41, 5.74) is 1.79. The van der Waals surface area contributed by atoms with Crippen LogP contribution < -0.4 is 10.6 Å². The first-order valence-electron chi connectivity index (χ1n) is 9.36. The third-order valence-corrected chi connectivity index (χ3v) is 4.85. The van der Waals surface area contributed by atoms with Crippen LogP contribution in [0.1, 0.15) is 39.2 Å². The molecule has 0 bridgehead atoms. The Labute approximate surface area is 165 Å². The number of anilines is 2. The molecule has 2 amide bonds. The van der Waals surface area contributed by atoms with E-state index in [1.54, 1.807) is 26.1 Å². The summed E-state index contributed by atoms with van der Waals surface area (Å²) in [5, 5.41) is 6.71. The van der Waals surface area contributed by atoms with E-state index in [-0.39, 0.29) is 17.7 Å². The fourth-order valence-corrected chi connectivity index (χ4v) is 2.98. The van der Waals surface area contributed by atoms with E-state index in [1.807, 2.05) is 48.5 Å². The smallest absolute Gasteiger partial charge is 0.239 e. The predicted octanol–water partition coefficient (Wildman–Crippen LogP) is 4.96. The molecule has 0 saturated heterocycles. The molecule has 1 aromatic heterocycles. The Balaban J connectivity index is 1.82. The fraction of sp³-hybridized carbons (Fsp3) is 0.261. The Morgan fingerprint density at radius 2 is 1.46 bits per heavy atom. The van der Waals surface area contributed by atoms with Crippen LogP contribution in [0.25, 0.3) is 10.9 Å². The van der Waals surface area contributed by atoms with E-state index in [4.69, 9.17) is 0 Å². The lowest BCUT2D eigenvalue weighted by Crippen LogP contribution is -2.41. The third-order valence-electron chi connectivity index (χ3n) is 4.85. The van der Waals surface area contributed by atoms with E-state index >= 15 is 0 Å². The molecular formula is C23H25N3O2. The van der Waals surface area contributed by atoms with Crippen LogP contribution in [0, 0.1) is 5.41 Å². The summed E-state index contributed by atoms with van der Waals surface area (Å²) in [7, 11) is 0. The molecule has 2 N–H and O–H groups in total. The van der Waals surface area contributed by atoms with Gasteiger partial charge in [-0.1, -0.05) is 50.2 Å². The Morgan fingerprint density at radius 1 is 0.857 bits per heavy atom. The van der Waals surface area contributed by atoms with Gasteiger partial charge in [-0.2, -0.15) is 0 Å². The Kier molecular flexibility index (Phi) is 5.45. The van der Waals surface area contributed by atoms with Crippen molar-refractivity contribution < 1.29 is 9.59 Å². The number of aromatic nitrogens is 1. The van der Waals surface area contributed by atoms with Crippen LogP contribution in [0.4, 0.5) is 11.4 Å². The highest BCUT2D eigenvalue weighted by atomic mass is 16.2. The van der Waals surface area contributed by atoms with E-state index in [0.717, 1.165) is 16.6 Å². The number of hydrogen-bond acceptors (Lipinski definition) is 3. The molecular weight excluding hydrogens is 350 g/mol. The number of hydrogen-bond donors (Lipinski definition) is 2. The minimum Gasteiger partial charge on any atom is -0.325 e. The molecule has 3 aromatic rings. The van der Waals surface area contributed by atoms with Gasteiger partial charge in [0.15, 0.2) is 0 Å². The quantitative estimate of drug-likeness (QED) is 0.619. The van der Waals surface area contributed by atoms with Crippen LogP contribution in [-0.4, -0.2) is 16.8 Å². The fourth-order valence-electron chi connectivity index (χ4n) is 2.98. The Bertz CT molecular complexity index is 1020. The number of carbonyl (C=O) groups is 2. The van der Waals surface area contributed by atoms with Gasteiger partial charge in [0.05, 0.1) is 11.2 Å². The van der Waals surface area contributed by atoms with Crippen LogP contribution in [0.2, 0.25) is 0 Å². The standard InChI is InChI=1S/C23H25N3O2/c1-15(2)17-11-5-6-12-18(17)25-21(27)23(3,4)22(28)26-19-13-7-9-16-10-8-14-24-20(16)19/h5-15H,1-4H3,(H,25,27)(H,26,28). The van der Waals surface area contributed by atoms with Gasteiger partial charge in [-0.15, -0.1) is 0 Å². The summed E-state index contributed by atoms with van der Waals surface area (Å²) in [4.78, 5) is 30.2. The predicted molar refractivity (Wildman–Crippen MR) is 113 cm³/mol. The van der Waals surface area contributed by atoms with Crippen molar-refractivity contribution in [3.8, 4) is 0 Å². The zero-order valence-electron chi connectivity index (χ0n) is 16.6. The van der Waals surface area contributed by atoms with Gasteiger partial charge >= 0.3 is 0 Å². The summed E-state index contributed by atoms with van der Waals surface area (Å²) in [6, 6.07) is 17.0. The number of pyridine rings is 1. The van der Waals surface area contributed by atoms with Gasteiger partial charge in [-0.25, -0.2) is 0 Å². The van der Waals surface area contributed by atoms with Crippen LogP contribution >= 0.6 is 0 Å². The number of rotatable bonds is 5. The topological polar surface area (TPSA) is 71.1 Å². The molecule has 0 aliphatic rings. The number of nitrogens with one attached hydrogen (secondary N) is 2. The molecule has 144 valence electrons. The minimum absolute atomic E-state index is 0.259. The Hall–Kier alpha value is -3.21. The van der Waals surface area contributed by atoms with E-state index in [0.29, 0.717) is 11.2 Å². The average molecular weight is 375 g/mol. The number of para-hydroxylation sites is 2. The largest absolute Gasteiger partial charge is 0.325 e. The summed E-state index contributed by atoms with van der Waals surface area (Å²) in [6.45, 7) is 7.37. The highest BCUT2D eigenvalue weighted by molar-refractivity contribution is 6.15. The van der Waals surface area contributed by atoms with Crippen LogP contribution in [0.5, 0.6) is 0 Å². The van der Waals surface area contributed by atoms with E-state index in [1.165, 1.54) is 0 Å². The first-order chi connectivity index (χ1) is 13.3. The highest BCUT2D eigenvalue weighted by Crippen LogP contribution is 2.28. The van der Waals surface area contributed by atoms with Gasteiger partial charge in [0.25, 0.3) is 0 Å². The third kappa shape index (κ3) is 3.88. The lowest BCUT2D eigenvalue weighted by molar-refractivity contribution is -0.135. The van der Waals surface area contributed by atoms with Crippen molar-refractivity contribution in [2.45, 2.75) is 33.6 Å². The van der Waals surface area contributed by atoms with Crippen molar-refractivity contribution in [2.75, 3.05) is 10.6 Å². The minimum atomic E-state index is -1.26. The summed E-state index contributed by atoms with van der Waals surface area (Å²) < 4.78 is 0. The second kappa shape index (κ2) is 7.80. The first-order valence-corrected chi connectivity index (χ1v) is 9.36. The van der Waals surface area contributed by atoms with Crippen molar-refractivity contribution in [1.82, 2.24) is 4.98 Å². The molecule has 0 fully saturated rings. The summed E-state index contributed by atoms with van der Waals surface area (Å²) in [5.74, 6) is -0.480. The number of amides is 2. The van der Waals surface area contributed by atoms with Crippen LogP contribution in [-0.2, 0) is 9.59 Å². The molecule has 5 nitrogen and oxygen atoms in total. The van der Waals surface area contributed by atoms with Gasteiger partial charge in [0, 0.05) is 17.3 Å². The van der Waals surface area contributed by atoms with E-state index in [2.05, 4.69) is 29.5 Å². The molecule has 28 heavy (non-hydrogen) atoms. The first kappa shape index (κ1) is 19.5. The molecule has 0 unspecified atom stereocenters. The summed E-state index contributed by atoms with van der Waals surface area (Å²) >= 11 is 0. The molecule has 3 rings (SSSR count). The second-order valence-electron chi connectivity index (χ2n) is 7.66. The molecule has 2 aromatic carbocycles. The molecule has 0 saturated carbocycles. The van der Waals surface area contributed by atoms with Crippen molar-refractivity contribution in [3.05, 3.63) is 66.4 Å². The van der Waals surface area contributed by atoms with E-state index in [9.17, 15) is 9.59 Å². The number of benzene rings is 2. The number of fused-ring (bicyclic) bond motifs is 1. The molecule has 0 radical (unpaired) electrons. The van der Waals surface area contributed by atoms with Gasteiger partial charge < -0.3 is 10.6 Å². The maximum atomic E-state index is 12.9. The zero-order valence-corrected chi connectivity index (χ0v) is 16.6. The summed E-state index contributed by atoms with van der Waals surface area (Å²) in [6.07, 6.45) is 1.68. The normalized spacial score (nSPS) is 11.5. The molecule has 0 spiro atoms. The zero-order chi connectivity index (χ0) is 20.3. The lowest BCUT2D eigenvalue weighted by Gasteiger charge is -2.24. The van der Waals surface area contributed by atoms with E-state index < -0.39 is 5.41 Å². The van der Waals surface area contributed by atoms with Gasteiger partial charge in [0.1, 0.15) is 5.41 Å². The maximum Gasteiger partial charge on any atom is 0.239 e. The molecule has 5 heteroatoms. The molecule has 0 aliphatic heterocycles. The molecule has 0 aliphatic carbocycles.